The Labute approximate surface area is 174 Å². The second-order valence-electron chi connectivity index (χ2n) is 6.63. The van der Waals surface area contributed by atoms with Gasteiger partial charge in [0.1, 0.15) is 0 Å². The summed E-state index contributed by atoms with van der Waals surface area (Å²) in [4.78, 5) is 9.30. The number of nitrogens with zero attached hydrogens (tertiary/aromatic N) is 4. The zero-order valence-electron chi connectivity index (χ0n) is 16.0. The lowest BCUT2D eigenvalue weighted by Gasteiger charge is -2.05. The summed E-state index contributed by atoms with van der Waals surface area (Å²) in [6, 6.07) is 30.8. The summed E-state index contributed by atoms with van der Waals surface area (Å²) in [5.41, 5.74) is 4.82. The maximum Gasteiger partial charge on any atom is 0.0991 e. The Kier molecular flexibility index (Phi) is 5.42. The molecule has 0 amide bonds. The topological polar surface area (TPSA) is 72.3 Å². The SMILES string of the molecule is N#Cc1ccc(C=Nc2cccc3c(N=Cc4ccc(C#N)cc4)cccc23)cc1. The first kappa shape index (κ1) is 18.8. The van der Waals surface area contributed by atoms with Gasteiger partial charge in [-0.1, -0.05) is 48.5 Å². The van der Waals surface area contributed by atoms with Crippen LogP contribution in [0.2, 0.25) is 0 Å². The first-order chi connectivity index (χ1) is 14.8. The Morgan fingerprint density at radius 1 is 0.533 bits per heavy atom. The summed E-state index contributed by atoms with van der Waals surface area (Å²) in [5, 5.41) is 19.8. The third kappa shape index (κ3) is 4.14. The van der Waals surface area contributed by atoms with Crippen LogP contribution in [0.15, 0.2) is 94.9 Å². The van der Waals surface area contributed by atoms with E-state index in [0.29, 0.717) is 11.1 Å². The number of fused-ring (bicyclic) bond motifs is 1. The van der Waals surface area contributed by atoms with Crippen LogP contribution in [0, 0.1) is 22.7 Å². The molecule has 0 saturated carbocycles. The molecule has 0 spiro atoms. The summed E-state index contributed by atoms with van der Waals surface area (Å²) < 4.78 is 0. The quantitative estimate of drug-likeness (QED) is 0.400. The number of aliphatic imine (C=N–C) groups is 2. The molecule has 140 valence electrons. The van der Waals surface area contributed by atoms with E-state index < -0.39 is 0 Å². The summed E-state index contributed by atoms with van der Waals surface area (Å²) in [5.74, 6) is 0. The standard InChI is InChI=1S/C26H16N4/c27-15-19-7-11-21(12-8-19)17-29-25-5-1-3-23-24(25)4-2-6-26(23)30-18-22-13-9-20(16-28)10-14-22/h1-14,17-18H. The highest BCUT2D eigenvalue weighted by Gasteiger charge is 2.03. The van der Waals surface area contributed by atoms with Crippen molar-refractivity contribution in [3.05, 3.63) is 107 Å². The van der Waals surface area contributed by atoms with Gasteiger partial charge in [-0.25, -0.2) is 0 Å². The van der Waals surface area contributed by atoms with Gasteiger partial charge in [0, 0.05) is 23.2 Å². The second kappa shape index (κ2) is 8.65. The molecule has 4 rings (SSSR count). The van der Waals surface area contributed by atoms with Gasteiger partial charge in [0.2, 0.25) is 0 Å². The van der Waals surface area contributed by atoms with Crippen molar-refractivity contribution >= 4 is 34.6 Å². The van der Waals surface area contributed by atoms with E-state index in [1.165, 1.54) is 0 Å². The lowest BCUT2D eigenvalue weighted by Crippen LogP contribution is -1.83. The monoisotopic (exact) mass is 384 g/mol. The summed E-state index contributed by atoms with van der Waals surface area (Å²) in [7, 11) is 0. The van der Waals surface area contributed by atoms with Gasteiger partial charge in [0.15, 0.2) is 0 Å². The Hall–Kier alpha value is -4.54. The Morgan fingerprint density at radius 3 is 1.30 bits per heavy atom. The molecule has 4 heteroatoms. The fourth-order valence-corrected chi connectivity index (χ4v) is 3.08. The molecule has 0 heterocycles. The third-order valence-electron chi connectivity index (χ3n) is 4.66. The molecule has 0 unspecified atom stereocenters. The number of hydrogen-bond donors (Lipinski definition) is 0. The van der Waals surface area contributed by atoms with Crippen LogP contribution in [0.3, 0.4) is 0 Å². The van der Waals surface area contributed by atoms with Crippen LogP contribution < -0.4 is 0 Å². The second-order valence-corrected chi connectivity index (χ2v) is 6.63. The molecule has 4 aromatic carbocycles. The van der Waals surface area contributed by atoms with Gasteiger partial charge in [-0.2, -0.15) is 10.5 Å². The summed E-state index contributed by atoms with van der Waals surface area (Å²) in [6.07, 6.45) is 3.59. The lowest BCUT2D eigenvalue weighted by atomic mass is 10.1. The fourth-order valence-electron chi connectivity index (χ4n) is 3.08. The molecule has 0 N–H and O–H groups in total. The Balaban J connectivity index is 1.65. The van der Waals surface area contributed by atoms with Gasteiger partial charge in [-0.3, -0.25) is 9.98 Å². The highest BCUT2D eigenvalue weighted by Crippen LogP contribution is 2.32. The Morgan fingerprint density at radius 2 is 0.933 bits per heavy atom. The maximum absolute atomic E-state index is 8.91. The smallest absolute Gasteiger partial charge is 0.0991 e. The van der Waals surface area contributed by atoms with Crippen molar-refractivity contribution in [1.82, 2.24) is 0 Å². The zero-order chi connectivity index (χ0) is 20.8. The van der Waals surface area contributed by atoms with Crippen LogP contribution in [-0.4, -0.2) is 12.4 Å². The minimum Gasteiger partial charge on any atom is -0.256 e. The van der Waals surface area contributed by atoms with Crippen LogP contribution in [0.4, 0.5) is 11.4 Å². The van der Waals surface area contributed by atoms with Crippen molar-refractivity contribution in [3.8, 4) is 12.1 Å². The average molecular weight is 384 g/mol. The van der Waals surface area contributed by atoms with E-state index in [1.807, 2.05) is 60.7 Å². The molecule has 0 aliphatic carbocycles. The van der Waals surface area contributed by atoms with Crippen LogP contribution >= 0.6 is 0 Å². The van der Waals surface area contributed by atoms with Crippen LogP contribution in [0.1, 0.15) is 22.3 Å². The van der Waals surface area contributed by atoms with Crippen molar-refractivity contribution < 1.29 is 0 Å². The minimum atomic E-state index is 0.627. The van der Waals surface area contributed by atoms with Gasteiger partial charge in [-0.05, 0) is 47.5 Å². The van der Waals surface area contributed by atoms with Crippen molar-refractivity contribution in [2.45, 2.75) is 0 Å². The van der Waals surface area contributed by atoms with Crippen molar-refractivity contribution in [3.63, 3.8) is 0 Å². The first-order valence-corrected chi connectivity index (χ1v) is 9.37. The van der Waals surface area contributed by atoms with E-state index in [1.54, 1.807) is 36.7 Å². The average Bonchev–Trinajstić information content (AvgIpc) is 2.82. The largest absolute Gasteiger partial charge is 0.256 e. The molecule has 0 atom stereocenters. The molecule has 4 nitrogen and oxygen atoms in total. The predicted molar refractivity (Wildman–Crippen MR) is 121 cm³/mol. The van der Waals surface area contributed by atoms with Gasteiger partial charge < -0.3 is 0 Å². The molecular weight excluding hydrogens is 368 g/mol. The molecule has 0 aromatic heterocycles. The number of rotatable bonds is 4. The maximum atomic E-state index is 8.91. The lowest BCUT2D eigenvalue weighted by molar-refractivity contribution is 1.48. The highest BCUT2D eigenvalue weighted by atomic mass is 14.7. The molecule has 0 bridgehead atoms. The summed E-state index contributed by atoms with van der Waals surface area (Å²) in [6.45, 7) is 0. The third-order valence-corrected chi connectivity index (χ3v) is 4.66. The molecular formula is C26H16N4. The van der Waals surface area contributed by atoms with E-state index in [0.717, 1.165) is 33.3 Å². The number of benzene rings is 4. The number of hydrogen-bond acceptors (Lipinski definition) is 4. The molecule has 0 aliphatic heterocycles. The highest BCUT2D eigenvalue weighted by molar-refractivity contribution is 6.02. The number of nitriles is 2. The first-order valence-electron chi connectivity index (χ1n) is 9.37. The molecule has 4 aromatic rings. The molecule has 0 aliphatic rings. The predicted octanol–water partition coefficient (Wildman–Crippen LogP) is 6.08. The van der Waals surface area contributed by atoms with E-state index in [2.05, 4.69) is 22.1 Å². The van der Waals surface area contributed by atoms with Crippen molar-refractivity contribution in [2.24, 2.45) is 9.98 Å². The van der Waals surface area contributed by atoms with Crippen LogP contribution in [0.25, 0.3) is 10.8 Å². The normalized spacial score (nSPS) is 11.0. The van der Waals surface area contributed by atoms with Crippen molar-refractivity contribution in [1.29, 1.82) is 10.5 Å². The van der Waals surface area contributed by atoms with Crippen LogP contribution in [0.5, 0.6) is 0 Å². The molecule has 0 radical (unpaired) electrons. The van der Waals surface area contributed by atoms with Crippen molar-refractivity contribution in [2.75, 3.05) is 0 Å². The molecule has 0 saturated heterocycles. The minimum absolute atomic E-state index is 0.627. The van der Waals surface area contributed by atoms with E-state index in [4.69, 9.17) is 10.5 Å². The fraction of sp³-hybridized carbons (Fsp3) is 0. The zero-order valence-corrected chi connectivity index (χ0v) is 16.0. The van der Waals surface area contributed by atoms with E-state index in [9.17, 15) is 0 Å². The van der Waals surface area contributed by atoms with Gasteiger partial charge >= 0.3 is 0 Å². The molecule has 0 fully saturated rings. The van der Waals surface area contributed by atoms with Crippen LogP contribution in [-0.2, 0) is 0 Å². The molecule has 30 heavy (non-hydrogen) atoms. The van der Waals surface area contributed by atoms with Gasteiger partial charge in [0.25, 0.3) is 0 Å². The Bertz CT molecular complexity index is 1230. The van der Waals surface area contributed by atoms with E-state index >= 15 is 0 Å². The summed E-state index contributed by atoms with van der Waals surface area (Å²) >= 11 is 0. The van der Waals surface area contributed by atoms with E-state index in [-0.39, 0.29) is 0 Å². The van der Waals surface area contributed by atoms with Gasteiger partial charge in [-0.15, -0.1) is 0 Å². The van der Waals surface area contributed by atoms with Gasteiger partial charge in [0.05, 0.1) is 34.6 Å².